The van der Waals surface area contributed by atoms with Crippen LogP contribution in [0.15, 0.2) is 0 Å². The maximum Gasteiger partial charge on any atom is 0.257 e. The molecule has 0 saturated carbocycles. The molecule has 0 bridgehead atoms. The number of nitrogens with one attached hydrogen (secondary N) is 1. The smallest absolute Gasteiger partial charge is 0.257 e. The lowest BCUT2D eigenvalue weighted by Crippen LogP contribution is -2.33. The Labute approximate surface area is 105 Å². The number of likely N-dealkylation sites (N-methyl/N-ethyl adjacent to an activating group) is 1. The number of anilines is 2. The summed E-state index contributed by atoms with van der Waals surface area (Å²) in [6, 6.07) is 0.142. The summed E-state index contributed by atoms with van der Waals surface area (Å²) in [7, 11) is 5.11. The van der Waals surface area contributed by atoms with Gasteiger partial charge in [-0.2, -0.15) is 4.37 Å². The van der Waals surface area contributed by atoms with E-state index in [9.17, 15) is 4.79 Å². The second kappa shape index (κ2) is 5.83. The number of carbonyl (C=O) groups excluding carboxylic acids is 1. The molecule has 0 spiro atoms. The lowest BCUT2D eigenvalue weighted by atomic mass is 10.2. The van der Waals surface area contributed by atoms with Crippen molar-refractivity contribution in [2.24, 2.45) is 0 Å². The molecule has 1 rings (SSSR count). The summed E-state index contributed by atoms with van der Waals surface area (Å²) in [5.74, 6) is 0.0449. The monoisotopic (exact) mass is 258 g/mol. The molecule has 7 heteroatoms. The van der Waals surface area contributed by atoms with Crippen molar-refractivity contribution in [1.82, 2.24) is 9.69 Å². The normalized spacial score (nSPS) is 12.2. The van der Waals surface area contributed by atoms with Crippen LogP contribution in [0.4, 0.5) is 10.8 Å². The fourth-order valence-corrected chi connectivity index (χ4v) is 2.30. The lowest BCUT2D eigenvalue weighted by Gasteiger charge is -2.25. The average molecular weight is 258 g/mol. The summed E-state index contributed by atoms with van der Waals surface area (Å²) >= 11 is 1.22. The van der Waals surface area contributed by atoms with Gasteiger partial charge in [-0.15, -0.1) is 0 Å². The Morgan fingerprint density at radius 1 is 1.71 bits per heavy atom. The van der Waals surface area contributed by atoms with Crippen LogP contribution in [0.25, 0.3) is 0 Å². The standard InChI is InChI=1S/C10H18N4O2S/c1-6(5-16-4)14(3)10-7(9(15)12-2)8(11)13-17-10/h6H,5H2,1-4H3,(H2,11,13)(H,12,15). The van der Waals surface area contributed by atoms with Crippen molar-refractivity contribution in [2.45, 2.75) is 13.0 Å². The Hall–Kier alpha value is -1.34. The number of nitrogens with zero attached hydrogens (tertiary/aromatic N) is 2. The van der Waals surface area contributed by atoms with E-state index < -0.39 is 0 Å². The quantitative estimate of drug-likeness (QED) is 0.806. The topological polar surface area (TPSA) is 80.5 Å². The van der Waals surface area contributed by atoms with Crippen LogP contribution in [0.3, 0.4) is 0 Å². The van der Waals surface area contributed by atoms with E-state index in [1.165, 1.54) is 11.5 Å². The molecule has 0 fully saturated rings. The molecule has 1 amide bonds. The van der Waals surface area contributed by atoms with Gasteiger partial charge in [-0.05, 0) is 18.5 Å². The summed E-state index contributed by atoms with van der Waals surface area (Å²) < 4.78 is 9.12. The van der Waals surface area contributed by atoms with Crippen molar-refractivity contribution < 1.29 is 9.53 Å². The Morgan fingerprint density at radius 3 is 2.88 bits per heavy atom. The van der Waals surface area contributed by atoms with Gasteiger partial charge in [0, 0.05) is 21.2 Å². The van der Waals surface area contributed by atoms with Gasteiger partial charge >= 0.3 is 0 Å². The van der Waals surface area contributed by atoms with Crippen LogP contribution in [0.5, 0.6) is 0 Å². The zero-order chi connectivity index (χ0) is 13.0. The third-order valence-electron chi connectivity index (χ3n) is 2.54. The second-order valence-corrected chi connectivity index (χ2v) is 4.49. The van der Waals surface area contributed by atoms with E-state index in [2.05, 4.69) is 9.69 Å². The number of nitrogens with two attached hydrogens (primary N) is 1. The number of ether oxygens (including phenoxy) is 1. The van der Waals surface area contributed by atoms with Crippen LogP contribution >= 0.6 is 11.5 Å². The van der Waals surface area contributed by atoms with Crippen molar-refractivity contribution in [2.75, 3.05) is 38.4 Å². The van der Waals surface area contributed by atoms with Gasteiger partial charge in [-0.25, -0.2) is 0 Å². The van der Waals surface area contributed by atoms with Gasteiger partial charge in [-0.1, -0.05) is 0 Å². The first kappa shape index (κ1) is 13.7. The fourth-order valence-electron chi connectivity index (χ4n) is 1.43. The molecular formula is C10H18N4O2S. The number of nitrogen functional groups attached to an aromatic ring is 1. The van der Waals surface area contributed by atoms with Crippen molar-refractivity contribution in [3.8, 4) is 0 Å². The molecule has 96 valence electrons. The van der Waals surface area contributed by atoms with E-state index in [0.29, 0.717) is 12.2 Å². The van der Waals surface area contributed by atoms with Crippen molar-refractivity contribution >= 4 is 28.3 Å². The Morgan fingerprint density at radius 2 is 2.35 bits per heavy atom. The Bertz CT molecular complexity index is 394. The lowest BCUT2D eigenvalue weighted by molar-refractivity contribution is 0.0964. The highest BCUT2D eigenvalue weighted by atomic mass is 32.1. The van der Waals surface area contributed by atoms with E-state index in [-0.39, 0.29) is 17.8 Å². The maximum atomic E-state index is 11.7. The molecule has 0 saturated heterocycles. The molecule has 3 N–H and O–H groups in total. The van der Waals surface area contributed by atoms with Gasteiger partial charge in [0.2, 0.25) is 0 Å². The number of carbonyl (C=O) groups is 1. The molecule has 0 aliphatic carbocycles. The molecule has 0 aliphatic heterocycles. The highest BCUT2D eigenvalue weighted by Gasteiger charge is 2.23. The number of methoxy groups -OCH3 is 1. The number of rotatable bonds is 5. The minimum Gasteiger partial charge on any atom is -0.383 e. The van der Waals surface area contributed by atoms with Crippen LogP contribution in [0.2, 0.25) is 0 Å². The van der Waals surface area contributed by atoms with E-state index in [4.69, 9.17) is 10.5 Å². The predicted molar refractivity (Wildman–Crippen MR) is 69.7 cm³/mol. The molecule has 0 radical (unpaired) electrons. The van der Waals surface area contributed by atoms with Crippen molar-refractivity contribution in [3.63, 3.8) is 0 Å². The van der Waals surface area contributed by atoms with Gasteiger partial charge in [0.15, 0.2) is 5.82 Å². The number of amides is 1. The summed E-state index contributed by atoms with van der Waals surface area (Å²) in [6.45, 7) is 2.58. The highest BCUT2D eigenvalue weighted by Crippen LogP contribution is 2.30. The first-order valence-corrected chi connectivity index (χ1v) is 5.99. The van der Waals surface area contributed by atoms with Crippen molar-refractivity contribution in [3.05, 3.63) is 5.56 Å². The predicted octanol–water partition coefficient (Wildman–Crippen LogP) is 0.556. The molecule has 1 atom stereocenters. The summed E-state index contributed by atoms with van der Waals surface area (Å²) in [5.41, 5.74) is 6.14. The largest absolute Gasteiger partial charge is 0.383 e. The van der Waals surface area contributed by atoms with E-state index in [1.807, 2.05) is 18.9 Å². The summed E-state index contributed by atoms with van der Waals surface area (Å²) in [6.07, 6.45) is 0. The SMILES string of the molecule is CNC(=O)c1c(N)nsc1N(C)C(C)COC. The minimum absolute atomic E-state index is 0.142. The highest BCUT2D eigenvalue weighted by molar-refractivity contribution is 7.11. The molecule has 6 nitrogen and oxygen atoms in total. The zero-order valence-electron chi connectivity index (χ0n) is 10.5. The van der Waals surface area contributed by atoms with E-state index in [0.717, 1.165) is 5.00 Å². The summed E-state index contributed by atoms with van der Waals surface area (Å²) in [5, 5.41) is 3.32. The maximum absolute atomic E-state index is 11.7. The third kappa shape index (κ3) is 2.86. The number of hydrogen-bond donors (Lipinski definition) is 2. The van der Waals surface area contributed by atoms with Gasteiger partial charge in [0.1, 0.15) is 10.6 Å². The van der Waals surface area contributed by atoms with Gasteiger partial charge in [0.25, 0.3) is 5.91 Å². The fraction of sp³-hybridized carbons (Fsp3) is 0.600. The Kier molecular flexibility index (Phi) is 4.71. The summed E-state index contributed by atoms with van der Waals surface area (Å²) in [4.78, 5) is 13.7. The van der Waals surface area contributed by atoms with Crippen LogP contribution < -0.4 is 16.0 Å². The molecule has 0 aliphatic rings. The molecule has 1 heterocycles. The average Bonchev–Trinajstić information content (AvgIpc) is 2.69. The molecular weight excluding hydrogens is 240 g/mol. The third-order valence-corrected chi connectivity index (χ3v) is 3.50. The number of aromatic nitrogens is 1. The van der Waals surface area contributed by atoms with Crippen LogP contribution in [-0.2, 0) is 4.74 Å². The van der Waals surface area contributed by atoms with Crippen LogP contribution in [0, 0.1) is 0 Å². The van der Waals surface area contributed by atoms with Crippen LogP contribution in [-0.4, -0.2) is 44.1 Å². The van der Waals surface area contributed by atoms with Crippen molar-refractivity contribution in [1.29, 1.82) is 0 Å². The van der Waals surface area contributed by atoms with Gasteiger partial charge in [-0.3, -0.25) is 4.79 Å². The minimum atomic E-state index is -0.220. The van der Waals surface area contributed by atoms with E-state index >= 15 is 0 Å². The van der Waals surface area contributed by atoms with Gasteiger partial charge < -0.3 is 20.7 Å². The number of hydrogen-bond acceptors (Lipinski definition) is 6. The molecule has 1 aromatic heterocycles. The van der Waals surface area contributed by atoms with E-state index in [1.54, 1.807) is 14.2 Å². The molecule has 1 unspecified atom stereocenters. The first-order chi connectivity index (χ1) is 8.02. The zero-order valence-corrected chi connectivity index (χ0v) is 11.3. The molecule has 1 aromatic rings. The Balaban J connectivity index is 3.01. The second-order valence-electron chi connectivity index (χ2n) is 3.74. The first-order valence-electron chi connectivity index (χ1n) is 5.21. The molecule has 0 aromatic carbocycles. The van der Waals surface area contributed by atoms with Gasteiger partial charge in [0.05, 0.1) is 12.6 Å². The molecule has 17 heavy (non-hydrogen) atoms. The van der Waals surface area contributed by atoms with Crippen LogP contribution in [0.1, 0.15) is 17.3 Å².